The lowest BCUT2D eigenvalue weighted by molar-refractivity contribution is -0.137. The smallest absolute Gasteiger partial charge is 0.416 e. The topological polar surface area (TPSA) is 104 Å². The van der Waals surface area contributed by atoms with Crippen molar-refractivity contribution in [2.45, 2.75) is 25.1 Å². The first-order valence-corrected chi connectivity index (χ1v) is 10.8. The number of halogens is 3. The molecule has 10 heteroatoms. The molecule has 1 amide bonds. The molecule has 0 saturated heterocycles. The van der Waals surface area contributed by atoms with Crippen molar-refractivity contribution in [2.75, 3.05) is 0 Å². The van der Waals surface area contributed by atoms with Gasteiger partial charge in [-0.15, -0.1) is 0 Å². The highest BCUT2D eigenvalue weighted by molar-refractivity contribution is 5.93. The van der Waals surface area contributed by atoms with Crippen molar-refractivity contribution in [3.05, 3.63) is 107 Å². The summed E-state index contributed by atoms with van der Waals surface area (Å²) < 4.78 is 44.5. The van der Waals surface area contributed by atoms with Crippen LogP contribution in [0.25, 0.3) is 0 Å². The summed E-state index contributed by atoms with van der Waals surface area (Å²) in [6, 6.07) is 17.9. The molecule has 2 N–H and O–H groups in total. The van der Waals surface area contributed by atoms with E-state index in [0.29, 0.717) is 17.7 Å². The Kier molecular flexibility index (Phi) is 6.74. The fourth-order valence-corrected chi connectivity index (χ4v) is 3.64. The number of alkyl halides is 3. The summed E-state index contributed by atoms with van der Waals surface area (Å²) in [5.74, 6) is -0.606. The molecule has 2 aromatic heterocycles. The Bertz CT molecular complexity index is 1400. The SMILES string of the molecule is CC(Cc1ccc(C#N)cc1)(NC(=O)c1cccc(Oc2cccc(C(F)(F)F)c2)n1)c1cnc[nH]1. The van der Waals surface area contributed by atoms with Gasteiger partial charge in [0.1, 0.15) is 11.4 Å². The Balaban J connectivity index is 1.55. The molecule has 1 unspecified atom stereocenters. The van der Waals surface area contributed by atoms with Gasteiger partial charge >= 0.3 is 6.18 Å². The van der Waals surface area contributed by atoms with Crippen LogP contribution >= 0.6 is 0 Å². The zero-order valence-electron chi connectivity index (χ0n) is 19.0. The van der Waals surface area contributed by atoms with Gasteiger partial charge in [0.25, 0.3) is 5.91 Å². The molecule has 36 heavy (non-hydrogen) atoms. The van der Waals surface area contributed by atoms with Gasteiger partial charge in [-0.3, -0.25) is 4.79 Å². The van der Waals surface area contributed by atoms with Gasteiger partial charge in [0.2, 0.25) is 5.88 Å². The maximum atomic E-state index is 13.2. The number of imidazole rings is 1. The third-order valence-electron chi connectivity index (χ3n) is 5.46. The van der Waals surface area contributed by atoms with Crippen LogP contribution in [0.5, 0.6) is 11.6 Å². The molecular weight excluding hydrogens is 471 g/mol. The van der Waals surface area contributed by atoms with Gasteiger partial charge < -0.3 is 15.0 Å². The van der Waals surface area contributed by atoms with Crippen molar-refractivity contribution < 1.29 is 22.7 Å². The molecule has 0 saturated carbocycles. The van der Waals surface area contributed by atoms with Crippen LogP contribution in [0.4, 0.5) is 13.2 Å². The maximum absolute atomic E-state index is 13.2. The Hall–Kier alpha value is -4.65. The number of nitriles is 1. The summed E-state index contributed by atoms with van der Waals surface area (Å²) >= 11 is 0. The first-order valence-electron chi connectivity index (χ1n) is 10.8. The van der Waals surface area contributed by atoms with E-state index in [1.807, 2.05) is 6.92 Å². The second kappa shape index (κ2) is 9.92. The first kappa shape index (κ1) is 24.5. The number of amides is 1. The second-order valence-electron chi connectivity index (χ2n) is 8.23. The Morgan fingerprint density at radius 2 is 1.86 bits per heavy atom. The van der Waals surface area contributed by atoms with Crippen molar-refractivity contribution in [3.8, 4) is 17.7 Å². The monoisotopic (exact) mass is 491 g/mol. The average Bonchev–Trinajstić information content (AvgIpc) is 3.40. The molecule has 4 rings (SSSR count). The van der Waals surface area contributed by atoms with E-state index in [0.717, 1.165) is 17.7 Å². The van der Waals surface area contributed by atoms with Gasteiger partial charge in [-0.05, 0) is 48.9 Å². The number of benzene rings is 2. The van der Waals surface area contributed by atoms with Crippen molar-refractivity contribution in [2.24, 2.45) is 0 Å². The van der Waals surface area contributed by atoms with Crippen LogP contribution in [0.1, 0.15) is 39.8 Å². The third kappa shape index (κ3) is 5.70. The van der Waals surface area contributed by atoms with Gasteiger partial charge in [-0.25, -0.2) is 9.97 Å². The second-order valence-corrected chi connectivity index (χ2v) is 8.23. The summed E-state index contributed by atoms with van der Waals surface area (Å²) in [5.41, 5.74) is 0.295. The van der Waals surface area contributed by atoms with Crippen LogP contribution in [0.3, 0.4) is 0 Å². The Labute approximate surface area is 204 Å². The summed E-state index contributed by atoms with van der Waals surface area (Å²) in [5, 5.41) is 12.0. The molecule has 0 aliphatic rings. The number of H-pyrrole nitrogens is 1. The first-order chi connectivity index (χ1) is 17.2. The van der Waals surface area contributed by atoms with E-state index in [9.17, 15) is 18.0 Å². The molecule has 0 bridgehead atoms. The summed E-state index contributed by atoms with van der Waals surface area (Å²) in [7, 11) is 0. The van der Waals surface area contributed by atoms with E-state index in [2.05, 4.69) is 26.3 Å². The lowest BCUT2D eigenvalue weighted by Gasteiger charge is -2.30. The number of rotatable bonds is 7. The van der Waals surface area contributed by atoms with Crippen LogP contribution in [0.15, 0.2) is 79.3 Å². The van der Waals surface area contributed by atoms with Crippen LogP contribution in [0, 0.1) is 11.3 Å². The van der Waals surface area contributed by atoms with Crippen molar-refractivity contribution >= 4 is 5.91 Å². The predicted molar refractivity (Wildman–Crippen MR) is 124 cm³/mol. The number of nitrogens with one attached hydrogen (secondary N) is 2. The zero-order chi connectivity index (χ0) is 25.8. The molecule has 0 aliphatic carbocycles. The third-order valence-corrected chi connectivity index (χ3v) is 5.46. The summed E-state index contributed by atoms with van der Waals surface area (Å²) in [6.45, 7) is 1.82. The molecule has 0 spiro atoms. The fraction of sp³-hybridized carbons (Fsp3) is 0.154. The van der Waals surface area contributed by atoms with Crippen molar-refractivity contribution in [1.29, 1.82) is 5.26 Å². The van der Waals surface area contributed by atoms with Crippen LogP contribution < -0.4 is 10.1 Å². The minimum absolute atomic E-state index is 0.0186. The highest BCUT2D eigenvalue weighted by Gasteiger charge is 2.32. The number of carbonyl (C=O) groups excluding carboxylic acids is 1. The number of hydrogen-bond donors (Lipinski definition) is 2. The lowest BCUT2D eigenvalue weighted by atomic mass is 9.89. The van der Waals surface area contributed by atoms with Gasteiger partial charge in [-0.1, -0.05) is 24.3 Å². The average molecular weight is 491 g/mol. The van der Waals surface area contributed by atoms with E-state index in [1.54, 1.807) is 30.5 Å². The standard InChI is InChI=1S/C26H20F3N5O2/c1-25(22-15-31-16-32-22,13-17-8-10-18(14-30)11-9-17)34-24(35)21-6-3-7-23(33-21)36-20-5-2-4-19(12-20)26(27,28)29/h2-12,15-16H,13H2,1H3,(H,31,32)(H,34,35). The highest BCUT2D eigenvalue weighted by Crippen LogP contribution is 2.32. The normalized spacial score (nSPS) is 12.9. The van der Waals surface area contributed by atoms with E-state index >= 15 is 0 Å². The quantitative estimate of drug-likeness (QED) is 0.362. The van der Waals surface area contributed by atoms with Gasteiger partial charge in [0.05, 0.1) is 41.0 Å². The molecule has 4 aromatic rings. The summed E-state index contributed by atoms with van der Waals surface area (Å²) in [6.07, 6.45) is -1.03. The number of pyridine rings is 1. The number of aromatic nitrogens is 3. The minimum atomic E-state index is -4.51. The molecular formula is C26H20F3N5O2. The van der Waals surface area contributed by atoms with Crippen LogP contribution in [0.2, 0.25) is 0 Å². The Morgan fingerprint density at radius 1 is 1.11 bits per heavy atom. The highest BCUT2D eigenvalue weighted by atomic mass is 19.4. The van der Waals surface area contributed by atoms with E-state index in [-0.39, 0.29) is 17.3 Å². The van der Waals surface area contributed by atoms with Crippen LogP contribution in [-0.4, -0.2) is 20.9 Å². The zero-order valence-corrected chi connectivity index (χ0v) is 19.0. The lowest BCUT2D eigenvalue weighted by Crippen LogP contribution is -2.45. The van der Waals surface area contributed by atoms with E-state index in [4.69, 9.17) is 10.00 Å². The number of nitrogens with zero attached hydrogens (tertiary/aromatic N) is 3. The largest absolute Gasteiger partial charge is 0.439 e. The number of ether oxygens (including phenoxy) is 1. The molecule has 7 nitrogen and oxygen atoms in total. The molecule has 0 radical (unpaired) electrons. The molecule has 2 aromatic carbocycles. The van der Waals surface area contributed by atoms with E-state index in [1.165, 1.54) is 36.7 Å². The molecule has 1 atom stereocenters. The van der Waals surface area contributed by atoms with Gasteiger partial charge in [-0.2, -0.15) is 18.4 Å². The number of hydrogen-bond acceptors (Lipinski definition) is 5. The summed E-state index contributed by atoms with van der Waals surface area (Å²) in [4.78, 5) is 24.4. The van der Waals surface area contributed by atoms with E-state index < -0.39 is 23.2 Å². The fourth-order valence-electron chi connectivity index (χ4n) is 3.64. The molecule has 182 valence electrons. The molecule has 2 heterocycles. The molecule has 0 aliphatic heterocycles. The van der Waals surface area contributed by atoms with Gasteiger partial charge in [0.15, 0.2) is 0 Å². The van der Waals surface area contributed by atoms with Crippen molar-refractivity contribution in [1.82, 2.24) is 20.3 Å². The number of carbonyl (C=O) groups is 1. The maximum Gasteiger partial charge on any atom is 0.416 e. The molecule has 0 fully saturated rings. The minimum Gasteiger partial charge on any atom is -0.439 e. The van der Waals surface area contributed by atoms with Crippen molar-refractivity contribution in [3.63, 3.8) is 0 Å². The van der Waals surface area contributed by atoms with Crippen LogP contribution in [-0.2, 0) is 18.1 Å². The van der Waals surface area contributed by atoms with Gasteiger partial charge in [0, 0.05) is 12.5 Å². The Morgan fingerprint density at radius 3 is 2.53 bits per heavy atom. The predicted octanol–water partition coefficient (Wildman–Crippen LogP) is 5.38. The number of aromatic amines is 1.